The van der Waals surface area contributed by atoms with E-state index >= 15 is 0 Å². The molecule has 0 radical (unpaired) electrons. The van der Waals surface area contributed by atoms with Crippen LogP contribution >= 0.6 is 0 Å². The second kappa shape index (κ2) is 13.6. The van der Waals surface area contributed by atoms with Gasteiger partial charge in [0.2, 0.25) is 0 Å². The third-order valence-electron chi connectivity index (χ3n) is 12.4. The normalized spacial score (nSPS) is 11.9. The predicted molar refractivity (Wildman–Crippen MR) is 256 cm³/mol. The Balaban J connectivity index is 1.11. The number of hydrogen-bond acceptors (Lipinski definition) is 4. The van der Waals surface area contributed by atoms with E-state index in [4.69, 9.17) is 19.4 Å². The molecule has 0 N–H and O–H groups in total. The molecule has 0 aliphatic carbocycles. The Hall–Kier alpha value is -8.41. The van der Waals surface area contributed by atoms with Crippen molar-refractivity contribution in [1.82, 2.24) is 19.5 Å². The van der Waals surface area contributed by atoms with Gasteiger partial charge < -0.3 is 8.98 Å². The van der Waals surface area contributed by atoms with Crippen molar-refractivity contribution < 1.29 is 4.42 Å². The van der Waals surface area contributed by atoms with Gasteiger partial charge in [0, 0.05) is 38.2 Å². The van der Waals surface area contributed by atoms with Crippen LogP contribution in [-0.4, -0.2) is 19.5 Å². The Kier molecular flexibility index (Phi) is 7.54. The molecule has 0 aliphatic rings. The first kappa shape index (κ1) is 34.5. The van der Waals surface area contributed by atoms with Gasteiger partial charge in [-0.05, 0) is 85.9 Å². The summed E-state index contributed by atoms with van der Waals surface area (Å²) in [5.74, 6) is 1.74. The van der Waals surface area contributed by atoms with Crippen LogP contribution in [0.2, 0.25) is 0 Å². The molecule has 13 aromatic rings. The van der Waals surface area contributed by atoms with Crippen LogP contribution in [0.5, 0.6) is 0 Å². The Morgan fingerprint density at radius 2 is 0.903 bits per heavy atom. The Morgan fingerprint density at radius 1 is 0.323 bits per heavy atom. The highest BCUT2D eigenvalue weighted by Gasteiger charge is 2.25. The van der Waals surface area contributed by atoms with E-state index < -0.39 is 0 Å². The third-order valence-corrected chi connectivity index (χ3v) is 12.4. The fourth-order valence-corrected chi connectivity index (χ4v) is 9.42. The summed E-state index contributed by atoms with van der Waals surface area (Å²) in [6.45, 7) is 0. The number of hydrogen-bond donors (Lipinski definition) is 0. The summed E-state index contributed by atoms with van der Waals surface area (Å²) in [6.07, 6.45) is 0. The van der Waals surface area contributed by atoms with E-state index in [1.807, 2.05) is 18.2 Å². The predicted octanol–water partition coefficient (Wildman–Crippen LogP) is 15.0. The van der Waals surface area contributed by atoms with E-state index in [1.165, 1.54) is 21.5 Å². The number of furan rings is 1. The summed E-state index contributed by atoms with van der Waals surface area (Å²) in [5.41, 5.74) is 9.55. The second-order valence-corrected chi connectivity index (χ2v) is 16.0. The standard InChI is InChI=1S/C57H34N4O/c1-2-12-35(13-3-1)36-22-25-38(26-23-36)55-58-56(42-28-29-44-41(32-42)27-24-37-14-6-7-17-43(37)44)60-57(59-55)48-31-30-47-46-19-9-11-21-52(46)62-54(47)53(48)61-50-20-10-8-18-45(50)49-33-39-15-4-5-16-40(39)34-51(49)61/h1-34H. The first-order chi connectivity index (χ1) is 30.7. The monoisotopic (exact) mass is 790 g/mol. The van der Waals surface area contributed by atoms with Crippen LogP contribution < -0.4 is 0 Å². The maximum atomic E-state index is 6.93. The first-order valence-electron chi connectivity index (χ1n) is 20.9. The molecule has 3 heterocycles. The highest BCUT2D eigenvalue weighted by Crippen LogP contribution is 2.43. The minimum absolute atomic E-state index is 0.555. The Morgan fingerprint density at radius 3 is 1.74 bits per heavy atom. The maximum absolute atomic E-state index is 6.93. The van der Waals surface area contributed by atoms with E-state index in [0.29, 0.717) is 17.5 Å². The Bertz CT molecular complexity index is 3920. The molecule has 5 nitrogen and oxygen atoms in total. The summed E-state index contributed by atoms with van der Waals surface area (Å²) in [5, 5.41) is 11.5. The highest BCUT2D eigenvalue weighted by atomic mass is 16.3. The first-order valence-corrected chi connectivity index (χ1v) is 20.9. The van der Waals surface area contributed by atoms with Gasteiger partial charge >= 0.3 is 0 Å². The quantitative estimate of drug-likeness (QED) is 0.163. The molecule has 0 saturated carbocycles. The van der Waals surface area contributed by atoms with Gasteiger partial charge in [-0.2, -0.15) is 0 Å². The molecule has 0 saturated heterocycles. The lowest BCUT2D eigenvalue weighted by molar-refractivity contribution is 0.666. The molecule has 13 rings (SSSR count). The highest BCUT2D eigenvalue weighted by molar-refractivity contribution is 6.17. The molecule has 0 spiro atoms. The van der Waals surface area contributed by atoms with Crippen LogP contribution in [0.3, 0.4) is 0 Å². The van der Waals surface area contributed by atoms with E-state index in [-0.39, 0.29) is 0 Å². The summed E-state index contributed by atoms with van der Waals surface area (Å²) >= 11 is 0. The average molecular weight is 791 g/mol. The van der Waals surface area contributed by atoms with E-state index in [0.717, 1.165) is 88.0 Å². The lowest BCUT2D eigenvalue weighted by Gasteiger charge is -2.16. The average Bonchev–Trinajstić information content (AvgIpc) is 3.88. The molecule has 0 amide bonds. The summed E-state index contributed by atoms with van der Waals surface area (Å²) < 4.78 is 9.29. The Labute approximate surface area is 355 Å². The van der Waals surface area contributed by atoms with Gasteiger partial charge in [0.25, 0.3) is 0 Å². The second-order valence-electron chi connectivity index (χ2n) is 16.0. The van der Waals surface area contributed by atoms with Crippen molar-refractivity contribution in [2.75, 3.05) is 0 Å². The SMILES string of the molecule is c1ccc(-c2ccc(-c3nc(-c4ccc5c(ccc6ccccc65)c4)nc(-c4ccc5c(oc6ccccc65)c4-n4c5ccccc5c5cc6ccccc6cc54)n3)cc2)cc1. The molecular formula is C57H34N4O. The minimum atomic E-state index is 0.555. The molecule has 62 heavy (non-hydrogen) atoms. The van der Waals surface area contributed by atoms with Crippen molar-refractivity contribution >= 4 is 76.1 Å². The molecule has 10 aromatic carbocycles. The fourth-order valence-electron chi connectivity index (χ4n) is 9.42. The molecule has 5 heteroatoms. The van der Waals surface area contributed by atoms with Crippen LogP contribution in [0.4, 0.5) is 0 Å². The van der Waals surface area contributed by atoms with Crippen molar-refractivity contribution in [2.24, 2.45) is 0 Å². The molecule has 0 unspecified atom stereocenters. The molecule has 0 fully saturated rings. The zero-order valence-corrected chi connectivity index (χ0v) is 33.3. The van der Waals surface area contributed by atoms with Crippen molar-refractivity contribution in [3.05, 3.63) is 206 Å². The largest absolute Gasteiger partial charge is 0.454 e. The van der Waals surface area contributed by atoms with E-state index in [2.05, 4.69) is 193 Å². The van der Waals surface area contributed by atoms with Crippen LogP contribution in [-0.2, 0) is 0 Å². The molecule has 0 atom stereocenters. The molecule has 288 valence electrons. The molecular weight excluding hydrogens is 757 g/mol. The zero-order chi connectivity index (χ0) is 40.7. The van der Waals surface area contributed by atoms with Crippen LogP contribution in [0.25, 0.3) is 127 Å². The number of benzene rings is 10. The van der Waals surface area contributed by atoms with Gasteiger partial charge in [0.05, 0.1) is 11.0 Å². The lowest BCUT2D eigenvalue weighted by atomic mass is 10.00. The third kappa shape index (κ3) is 5.38. The van der Waals surface area contributed by atoms with Gasteiger partial charge in [-0.15, -0.1) is 0 Å². The number of fused-ring (bicyclic) bond motifs is 10. The van der Waals surface area contributed by atoms with Gasteiger partial charge in [-0.1, -0.05) is 164 Å². The fraction of sp³-hybridized carbons (Fsp3) is 0. The smallest absolute Gasteiger partial charge is 0.166 e. The number of nitrogens with zero attached hydrogens (tertiary/aromatic N) is 4. The van der Waals surface area contributed by atoms with Crippen molar-refractivity contribution in [2.45, 2.75) is 0 Å². The minimum Gasteiger partial charge on any atom is -0.454 e. The van der Waals surface area contributed by atoms with Crippen LogP contribution in [0.1, 0.15) is 0 Å². The van der Waals surface area contributed by atoms with E-state index in [1.54, 1.807) is 0 Å². The summed E-state index contributed by atoms with van der Waals surface area (Å²) in [4.78, 5) is 16.0. The topological polar surface area (TPSA) is 56.7 Å². The number of para-hydroxylation sites is 2. The summed E-state index contributed by atoms with van der Waals surface area (Å²) in [6, 6.07) is 72.7. The van der Waals surface area contributed by atoms with Gasteiger partial charge in [-0.3, -0.25) is 0 Å². The lowest BCUT2D eigenvalue weighted by Crippen LogP contribution is -2.04. The van der Waals surface area contributed by atoms with Gasteiger partial charge in [0.1, 0.15) is 11.3 Å². The number of aromatic nitrogens is 4. The van der Waals surface area contributed by atoms with Gasteiger partial charge in [-0.25, -0.2) is 15.0 Å². The van der Waals surface area contributed by atoms with Gasteiger partial charge in [0.15, 0.2) is 23.1 Å². The molecule has 3 aromatic heterocycles. The van der Waals surface area contributed by atoms with Crippen molar-refractivity contribution in [3.8, 4) is 51.0 Å². The van der Waals surface area contributed by atoms with Crippen molar-refractivity contribution in [3.63, 3.8) is 0 Å². The zero-order valence-electron chi connectivity index (χ0n) is 33.3. The molecule has 0 aliphatic heterocycles. The maximum Gasteiger partial charge on any atom is 0.166 e. The molecule has 0 bridgehead atoms. The van der Waals surface area contributed by atoms with E-state index in [9.17, 15) is 0 Å². The number of rotatable bonds is 5. The van der Waals surface area contributed by atoms with Crippen molar-refractivity contribution in [1.29, 1.82) is 0 Å². The van der Waals surface area contributed by atoms with Crippen LogP contribution in [0, 0.1) is 0 Å². The van der Waals surface area contributed by atoms with Crippen LogP contribution in [0.15, 0.2) is 211 Å². The summed E-state index contributed by atoms with van der Waals surface area (Å²) in [7, 11) is 0.